The molecule has 122 valence electrons. The van der Waals surface area contributed by atoms with Crippen molar-refractivity contribution in [3.05, 3.63) is 46.4 Å². The van der Waals surface area contributed by atoms with Crippen molar-refractivity contribution in [3.8, 4) is 0 Å². The maximum absolute atomic E-state index is 12.5. The van der Waals surface area contributed by atoms with E-state index in [9.17, 15) is 9.59 Å². The smallest absolute Gasteiger partial charge is 0.261 e. The second-order valence-electron chi connectivity index (χ2n) is 5.38. The van der Waals surface area contributed by atoms with Gasteiger partial charge < -0.3 is 19.5 Å². The van der Waals surface area contributed by atoms with Crippen LogP contribution >= 0.6 is 11.3 Å². The molecule has 1 N–H and O–H groups in total. The van der Waals surface area contributed by atoms with E-state index in [0.29, 0.717) is 24.6 Å². The Kier molecular flexibility index (Phi) is 4.78. The average Bonchev–Trinajstić information content (AvgIpc) is 3.23. The molecule has 2 aromatic rings. The molecule has 3 heterocycles. The van der Waals surface area contributed by atoms with Crippen LogP contribution in [-0.4, -0.2) is 47.6 Å². The van der Waals surface area contributed by atoms with Gasteiger partial charge in [0.05, 0.1) is 30.7 Å². The summed E-state index contributed by atoms with van der Waals surface area (Å²) in [6.45, 7) is 1.52. The largest absolute Gasteiger partial charge is 0.377 e. The van der Waals surface area contributed by atoms with Crippen LogP contribution in [0.25, 0.3) is 0 Å². The lowest BCUT2D eigenvalue weighted by Crippen LogP contribution is -2.47. The third-order valence-corrected chi connectivity index (χ3v) is 4.79. The quantitative estimate of drug-likeness (QED) is 0.920. The van der Waals surface area contributed by atoms with Crippen LogP contribution in [0.5, 0.6) is 0 Å². The standard InChI is InChI=1S/C16H19N3O3S/c1-18-6-2-4-12(18)13-11-22-8-7-19(13)15(20)10-17-16(21)14-5-3-9-23-14/h2-6,9,13H,7-8,10-11H2,1H3,(H,17,21)/t13-/m1/s1. The first-order valence-electron chi connectivity index (χ1n) is 7.47. The van der Waals surface area contributed by atoms with Gasteiger partial charge in [-0.25, -0.2) is 0 Å². The minimum absolute atomic E-state index is 0.00233. The summed E-state index contributed by atoms with van der Waals surface area (Å²) in [6, 6.07) is 7.38. The summed E-state index contributed by atoms with van der Waals surface area (Å²) in [7, 11) is 1.95. The predicted octanol–water partition coefficient (Wildman–Crippen LogP) is 1.42. The van der Waals surface area contributed by atoms with Crippen LogP contribution in [-0.2, 0) is 16.6 Å². The zero-order valence-corrected chi connectivity index (χ0v) is 13.7. The number of thiophene rings is 1. The van der Waals surface area contributed by atoms with Gasteiger partial charge in [-0.3, -0.25) is 9.59 Å². The van der Waals surface area contributed by atoms with Crippen molar-refractivity contribution in [3.63, 3.8) is 0 Å². The van der Waals surface area contributed by atoms with Crippen LogP contribution in [0.3, 0.4) is 0 Å². The summed E-state index contributed by atoms with van der Waals surface area (Å²) in [4.78, 5) is 26.9. The molecule has 0 spiro atoms. The van der Waals surface area contributed by atoms with Gasteiger partial charge in [0.2, 0.25) is 5.91 Å². The number of amides is 2. The van der Waals surface area contributed by atoms with Crippen LogP contribution < -0.4 is 5.32 Å². The Hall–Kier alpha value is -2.12. The van der Waals surface area contributed by atoms with E-state index in [2.05, 4.69) is 5.32 Å². The van der Waals surface area contributed by atoms with Crippen molar-refractivity contribution < 1.29 is 14.3 Å². The van der Waals surface area contributed by atoms with E-state index >= 15 is 0 Å². The number of carbonyl (C=O) groups excluding carboxylic acids is 2. The highest BCUT2D eigenvalue weighted by molar-refractivity contribution is 7.12. The summed E-state index contributed by atoms with van der Waals surface area (Å²) in [6.07, 6.45) is 1.95. The number of morpholine rings is 1. The molecule has 1 aliphatic heterocycles. The van der Waals surface area contributed by atoms with Crippen molar-refractivity contribution in [2.75, 3.05) is 26.3 Å². The number of carbonyl (C=O) groups is 2. The maximum Gasteiger partial charge on any atom is 0.261 e. The number of rotatable bonds is 4. The van der Waals surface area contributed by atoms with Crippen LogP contribution in [0.4, 0.5) is 0 Å². The summed E-state index contributed by atoms with van der Waals surface area (Å²) >= 11 is 1.36. The number of nitrogens with zero attached hydrogens (tertiary/aromatic N) is 2. The van der Waals surface area contributed by atoms with Crippen LogP contribution in [0.1, 0.15) is 21.4 Å². The molecule has 1 atom stereocenters. The van der Waals surface area contributed by atoms with Crippen LogP contribution in [0.2, 0.25) is 0 Å². The van der Waals surface area contributed by atoms with Crippen molar-refractivity contribution in [2.24, 2.45) is 7.05 Å². The van der Waals surface area contributed by atoms with Gasteiger partial charge >= 0.3 is 0 Å². The molecule has 1 aliphatic rings. The molecular formula is C16H19N3O3S. The molecule has 3 rings (SSSR count). The number of aromatic nitrogens is 1. The first-order chi connectivity index (χ1) is 11.2. The van der Waals surface area contributed by atoms with Gasteiger partial charge in [0.1, 0.15) is 0 Å². The molecule has 0 saturated carbocycles. The lowest BCUT2D eigenvalue weighted by molar-refractivity contribution is -0.139. The molecule has 2 amide bonds. The number of hydrogen-bond donors (Lipinski definition) is 1. The molecule has 0 unspecified atom stereocenters. The lowest BCUT2D eigenvalue weighted by Gasteiger charge is -2.36. The second-order valence-corrected chi connectivity index (χ2v) is 6.33. The molecule has 1 saturated heterocycles. The topological polar surface area (TPSA) is 63.6 Å². The molecule has 0 bridgehead atoms. The van der Waals surface area contributed by atoms with Gasteiger partial charge in [-0.1, -0.05) is 6.07 Å². The number of aryl methyl sites for hydroxylation is 1. The van der Waals surface area contributed by atoms with Gasteiger partial charge in [-0.05, 0) is 23.6 Å². The molecule has 1 fully saturated rings. The Morgan fingerprint density at radius 3 is 2.96 bits per heavy atom. The third-order valence-electron chi connectivity index (χ3n) is 3.92. The minimum atomic E-state index is -0.211. The highest BCUT2D eigenvalue weighted by Crippen LogP contribution is 2.24. The third kappa shape index (κ3) is 3.46. The van der Waals surface area contributed by atoms with Crippen LogP contribution in [0, 0.1) is 0 Å². The fourth-order valence-corrected chi connectivity index (χ4v) is 3.36. The van der Waals surface area contributed by atoms with E-state index in [4.69, 9.17) is 4.74 Å². The minimum Gasteiger partial charge on any atom is -0.377 e. The van der Waals surface area contributed by atoms with Crippen molar-refractivity contribution >= 4 is 23.2 Å². The average molecular weight is 333 g/mol. The normalized spacial score (nSPS) is 18.0. The number of nitrogens with one attached hydrogen (secondary N) is 1. The molecular weight excluding hydrogens is 314 g/mol. The zero-order valence-electron chi connectivity index (χ0n) is 12.9. The molecule has 0 radical (unpaired) electrons. The Labute approximate surface area is 138 Å². The van der Waals surface area contributed by atoms with Crippen molar-refractivity contribution in [2.45, 2.75) is 6.04 Å². The van der Waals surface area contributed by atoms with E-state index in [0.717, 1.165) is 5.69 Å². The second kappa shape index (κ2) is 6.97. The Balaban J connectivity index is 1.65. The Morgan fingerprint density at radius 1 is 1.39 bits per heavy atom. The molecule has 23 heavy (non-hydrogen) atoms. The van der Waals surface area contributed by atoms with Crippen LogP contribution in [0.15, 0.2) is 35.8 Å². The van der Waals surface area contributed by atoms with E-state index in [-0.39, 0.29) is 24.4 Å². The van der Waals surface area contributed by atoms with E-state index in [1.165, 1.54) is 11.3 Å². The van der Waals surface area contributed by atoms with Crippen molar-refractivity contribution in [1.29, 1.82) is 0 Å². The van der Waals surface area contributed by atoms with Crippen molar-refractivity contribution in [1.82, 2.24) is 14.8 Å². The molecule has 7 heteroatoms. The monoisotopic (exact) mass is 333 g/mol. The van der Waals surface area contributed by atoms with E-state index in [1.807, 2.05) is 41.4 Å². The van der Waals surface area contributed by atoms with E-state index < -0.39 is 0 Å². The molecule has 0 aliphatic carbocycles. The van der Waals surface area contributed by atoms with Gasteiger partial charge in [0.25, 0.3) is 5.91 Å². The highest BCUT2D eigenvalue weighted by atomic mass is 32.1. The first-order valence-corrected chi connectivity index (χ1v) is 8.35. The zero-order chi connectivity index (χ0) is 16.2. The lowest BCUT2D eigenvalue weighted by atomic mass is 10.1. The summed E-state index contributed by atoms with van der Waals surface area (Å²) in [5.74, 6) is -0.304. The predicted molar refractivity (Wildman–Crippen MR) is 87.3 cm³/mol. The highest BCUT2D eigenvalue weighted by Gasteiger charge is 2.30. The first kappa shape index (κ1) is 15.8. The van der Waals surface area contributed by atoms with Gasteiger partial charge in [-0.15, -0.1) is 11.3 Å². The van der Waals surface area contributed by atoms with Gasteiger partial charge in [0, 0.05) is 25.5 Å². The Bertz CT molecular complexity index is 681. The maximum atomic E-state index is 12.5. The SMILES string of the molecule is Cn1cccc1[C@H]1COCCN1C(=O)CNC(=O)c1cccs1. The fraction of sp³-hybridized carbons (Fsp3) is 0.375. The molecule has 0 aromatic carbocycles. The van der Waals surface area contributed by atoms with E-state index in [1.54, 1.807) is 11.0 Å². The van der Waals surface area contributed by atoms with Gasteiger partial charge in [-0.2, -0.15) is 0 Å². The number of ether oxygens (including phenoxy) is 1. The molecule has 2 aromatic heterocycles. The molecule has 6 nitrogen and oxygen atoms in total. The van der Waals surface area contributed by atoms with Gasteiger partial charge in [0.15, 0.2) is 0 Å². The Morgan fingerprint density at radius 2 is 2.26 bits per heavy atom. The fourth-order valence-electron chi connectivity index (χ4n) is 2.72. The number of hydrogen-bond acceptors (Lipinski definition) is 4. The summed E-state index contributed by atoms with van der Waals surface area (Å²) in [5, 5.41) is 4.53. The summed E-state index contributed by atoms with van der Waals surface area (Å²) in [5.41, 5.74) is 1.03. The summed E-state index contributed by atoms with van der Waals surface area (Å²) < 4.78 is 7.52.